The minimum Gasteiger partial charge on any atom is -0.378 e. The van der Waals surface area contributed by atoms with Crippen molar-refractivity contribution in [3.8, 4) is 11.3 Å². The van der Waals surface area contributed by atoms with Gasteiger partial charge in [0.2, 0.25) is 16.0 Å². The fourth-order valence-corrected chi connectivity index (χ4v) is 3.21. The van der Waals surface area contributed by atoms with Crippen molar-refractivity contribution in [3.63, 3.8) is 0 Å². The first-order valence-corrected chi connectivity index (χ1v) is 10.3. The van der Waals surface area contributed by atoms with E-state index in [-0.39, 0.29) is 4.90 Å². The van der Waals surface area contributed by atoms with Crippen LogP contribution in [0.4, 0.5) is 11.6 Å². The fraction of sp³-hybridized carbons (Fsp3) is 0.200. The lowest BCUT2D eigenvalue weighted by Gasteiger charge is -2.12. The van der Waals surface area contributed by atoms with Gasteiger partial charge in [0, 0.05) is 38.1 Å². The van der Waals surface area contributed by atoms with Crippen LogP contribution in [0.1, 0.15) is 5.56 Å². The molecule has 0 aliphatic heterocycles. The Morgan fingerprint density at radius 1 is 1.00 bits per heavy atom. The second-order valence-electron chi connectivity index (χ2n) is 6.57. The molecule has 3 N–H and O–H groups in total. The third-order valence-electron chi connectivity index (χ3n) is 4.28. The highest BCUT2D eigenvalue weighted by Gasteiger charge is 2.07. The Balaban J connectivity index is 1.62. The Morgan fingerprint density at radius 3 is 2.29 bits per heavy atom. The standard InChI is InChI=1S/C20H23N5O2S/c1-25(2)17-7-5-16(6-8-17)19-12-14-23-20(24-19)22-13-11-15-3-9-18(10-4-15)28(21,26)27/h3-10,12,14H,11,13H2,1-2H3,(H2,21,26,27)(H,22,23,24). The van der Waals surface area contributed by atoms with E-state index < -0.39 is 10.0 Å². The van der Waals surface area contributed by atoms with Crippen LogP contribution in [-0.4, -0.2) is 39.0 Å². The molecular weight excluding hydrogens is 374 g/mol. The second kappa shape index (κ2) is 8.37. The predicted molar refractivity (Wildman–Crippen MR) is 112 cm³/mol. The summed E-state index contributed by atoms with van der Waals surface area (Å²) >= 11 is 0. The van der Waals surface area contributed by atoms with Gasteiger partial charge in [-0.3, -0.25) is 0 Å². The maximum atomic E-state index is 11.3. The fourth-order valence-electron chi connectivity index (χ4n) is 2.70. The Morgan fingerprint density at radius 2 is 1.68 bits per heavy atom. The zero-order valence-electron chi connectivity index (χ0n) is 15.8. The van der Waals surface area contributed by atoms with Crippen molar-refractivity contribution < 1.29 is 8.42 Å². The molecule has 3 rings (SSSR count). The maximum absolute atomic E-state index is 11.3. The average molecular weight is 398 g/mol. The summed E-state index contributed by atoms with van der Waals surface area (Å²) in [6.07, 6.45) is 2.43. The molecule has 0 bridgehead atoms. The SMILES string of the molecule is CN(C)c1ccc(-c2ccnc(NCCc3ccc(S(N)(=O)=O)cc3)n2)cc1. The van der Waals surface area contributed by atoms with Gasteiger partial charge in [-0.15, -0.1) is 0 Å². The zero-order chi connectivity index (χ0) is 20.1. The smallest absolute Gasteiger partial charge is 0.238 e. The molecule has 28 heavy (non-hydrogen) atoms. The van der Waals surface area contributed by atoms with Crippen LogP contribution in [0.2, 0.25) is 0 Å². The highest BCUT2D eigenvalue weighted by Crippen LogP contribution is 2.21. The Kier molecular flexibility index (Phi) is 5.91. The Bertz CT molecular complexity index is 1030. The molecule has 0 aliphatic rings. The van der Waals surface area contributed by atoms with Gasteiger partial charge in [-0.2, -0.15) is 0 Å². The van der Waals surface area contributed by atoms with Gasteiger partial charge in [-0.25, -0.2) is 23.5 Å². The van der Waals surface area contributed by atoms with Crippen molar-refractivity contribution in [3.05, 3.63) is 66.4 Å². The summed E-state index contributed by atoms with van der Waals surface area (Å²) in [4.78, 5) is 11.0. The number of nitrogens with one attached hydrogen (secondary N) is 1. The molecule has 1 aromatic heterocycles. The number of aromatic nitrogens is 2. The highest BCUT2D eigenvalue weighted by atomic mass is 32.2. The van der Waals surface area contributed by atoms with Crippen LogP contribution in [0.15, 0.2) is 65.7 Å². The second-order valence-corrected chi connectivity index (χ2v) is 8.13. The van der Waals surface area contributed by atoms with Crippen LogP contribution in [0.3, 0.4) is 0 Å². The third kappa shape index (κ3) is 5.05. The minimum absolute atomic E-state index is 0.112. The van der Waals surface area contributed by atoms with E-state index in [2.05, 4.69) is 27.4 Å². The van der Waals surface area contributed by atoms with Crippen LogP contribution >= 0.6 is 0 Å². The molecule has 7 nitrogen and oxygen atoms in total. The summed E-state index contributed by atoms with van der Waals surface area (Å²) in [7, 11) is 0.348. The van der Waals surface area contributed by atoms with Crippen molar-refractivity contribution in [2.45, 2.75) is 11.3 Å². The number of nitrogens with two attached hydrogens (primary N) is 1. The van der Waals surface area contributed by atoms with Gasteiger partial charge >= 0.3 is 0 Å². The molecule has 0 amide bonds. The number of primary sulfonamides is 1. The summed E-state index contributed by atoms with van der Waals surface area (Å²) < 4.78 is 22.6. The van der Waals surface area contributed by atoms with Crippen LogP contribution in [0, 0.1) is 0 Å². The monoisotopic (exact) mass is 397 g/mol. The van der Waals surface area contributed by atoms with Crippen LogP contribution < -0.4 is 15.4 Å². The van der Waals surface area contributed by atoms with E-state index in [4.69, 9.17) is 5.14 Å². The number of hydrogen-bond donors (Lipinski definition) is 2. The van der Waals surface area contributed by atoms with Gasteiger partial charge < -0.3 is 10.2 Å². The van der Waals surface area contributed by atoms with Crippen LogP contribution in [0.5, 0.6) is 0 Å². The summed E-state index contributed by atoms with van der Waals surface area (Å²) in [6, 6.07) is 16.6. The molecule has 146 valence electrons. The lowest BCUT2D eigenvalue weighted by Crippen LogP contribution is -2.12. The quantitative estimate of drug-likeness (QED) is 0.635. The maximum Gasteiger partial charge on any atom is 0.238 e. The number of anilines is 2. The highest BCUT2D eigenvalue weighted by molar-refractivity contribution is 7.89. The van der Waals surface area contributed by atoms with Crippen LogP contribution in [-0.2, 0) is 16.4 Å². The summed E-state index contributed by atoms with van der Waals surface area (Å²) in [5.74, 6) is 0.551. The van der Waals surface area contributed by atoms with Crippen LogP contribution in [0.25, 0.3) is 11.3 Å². The van der Waals surface area contributed by atoms with E-state index in [0.717, 1.165) is 22.5 Å². The molecule has 0 unspecified atom stereocenters. The third-order valence-corrected chi connectivity index (χ3v) is 5.21. The van der Waals surface area contributed by atoms with Crippen molar-refractivity contribution in [1.82, 2.24) is 9.97 Å². The number of hydrogen-bond acceptors (Lipinski definition) is 6. The molecule has 1 heterocycles. The van der Waals surface area contributed by atoms with Gasteiger partial charge in [0.1, 0.15) is 0 Å². The van der Waals surface area contributed by atoms with E-state index in [1.54, 1.807) is 18.3 Å². The summed E-state index contributed by atoms with van der Waals surface area (Å²) in [6.45, 7) is 0.623. The number of rotatable bonds is 7. The van der Waals surface area contributed by atoms with Gasteiger partial charge in [-0.1, -0.05) is 24.3 Å². The van der Waals surface area contributed by atoms with E-state index in [1.807, 2.05) is 37.2 Å². The first kappa shape index (κ1) is 19.8. The lowest BCUT2D eigenvalue weighted by atomic mass is 10.1. The van der Waals surface area contributed by atoms with Gasteiger partial charge in [0.15, 0.2) is 0 Å². The van der Waals surface area contributed by atoms with E-state index >= 15 is 0 Å². The largest absolute Gasteiger partial charge is 0.378 e. The Labute approximate surface area is 165 Å². The van der Waals surface area contributed by atoms with Crippen molar-refractivity contribution >= 4 is 21.7 Å². The minimum atomic E-state index is -3.66. The van der Waals surface area contributed by atoms with Crippen molar-refractivity contribution in [1.29, 1.82) is 0 Å². The molecule has 0 atom stereocenters. The van der Waals surface area contributed by atoms with Crippen molar-refractivity contribution in [2.75, 3.05) is 30.9 Å². The molecule has 0 saturated carbocycles. The zero-order valence-corrected chi connectivity index (χ0v) is 16.6. The molecule has 0 radical (unpaired) electrons. The number of nitrogens with zero attached hydrogens (tertiary/aromatic N) is 3. The lowest BCUT2D eigenvalue weighted by molar-refractivity contribution is 0.598. The number of benzene rings is 2. The van der Waals surface area contributed by atoms with Gasteiger partial charge in [0.05, 0.1) is 10.6 Å². The molecular formula is C20H23N5O2S. The van der Waals surface area contributed by atoms with Crippen molar-refractivity contribution in [2.24, 2.45) is 5.14 Å². The normalized spacial score (nSPS) is 11.2. The molecule has 3 aromatic rings. The summed E-state index contributed by atoms with van der Waals surface area (Å²) in [5.41, 5.74) is 4.00. The molecule has 8 heteroatoms. The van der Waals surface area contributed by atoms with Gasteiger partial charge in [-0.05, 0) is 42.3 Å². The topological polar surface area (TPSA) is 101 Å². The average Bonchev–Trinajstić information content (AvgIpc) is 2.68. The molecule has 0 saturated heterocycles. The molecule has 0 spiro atoms. The first-order chi connectivity index (χ1) is 13.3. The van der Waals surface area contributed by atoms with Gasteiger partial charge in [0.25, 0.3) is 0 Å². The van der Waals surface area contributed by atoms with E-state index in [9.17, 15) is 8.42 Å². The number of sulfonamides is 1. The van der Waals surface area contributed by atoms with E-state index in [1.165, 1.54) is 12.1 Å². The Hall–Kier alpha value is -2.97. The predicted octanol–water partition coefficient (Wildman–Crippen LogP) is 2.51. The van der Waals surface area contributed by atoms with E-state index in [0.29, 0.717) is 18.9 Å². The molecule has 2 aromatic carbocycles. The summed E-state index contributed by atoms with van der Waals surface area (Å²) in [5, 5.41) is 8.31. The first-order valence-electron chi connectivity index (χ1n) is 8.79. The molecule has 0 aliphatic carbocycles. The molecule has 0 fully saturated rings.